The number of rotatable bonds is 1. The van der Waals surface area contributed by atoms with Crippen molar-refractivity contribution in [2.75, 3.05) is 0 Å². The van der Waals surface area contributed by atoms with Crippen LogP contribution >= 0.6 is 0 Å². The fourth-order valence-corrected chi connectivity index (χ4v) is 0. The van der Waals surface area contributed by atoms with Crippen LogP contribution in [0.4, 0.5) is 0 Å². The van der Waals surface area contributed by atoms with Crippen molar-refractivity contribution in [2.24, 2.45) is 0 Å². The maximum atomic E-state index is 3.60. The number of hydrogen-bond donors (Lipinski definition) is 0. The van der Waals surface area contributed by atoms with Crippen molar-refractivity contribution in [3.05, 3.63) is 6.92 Å². The molecule has 37 valence electrons. The van der Waals surface area contributed by atoms with Crippen molar-refractivity contribution < 1.29 is 39.6 Å². The molecule has 0 aromatic rings. The van der Waals surface area contributed by atoms with Crippen molar-refractivity contribution in [3.63, 3.8) is 0 Å². The van der Waals surface area contributed by atoms with Gasteiger partial charge in [0.25, 0.3) is 0 Å². The maximum absolute atomic E-state index is 3.60. The largest absolute Gasteiger partial charge is 0.343 e. The Morgan fingerprint density at radius 3 is 1.67 bits per heavy atom. The van der Waals surface area contributed by atoms with Gasteiger partial charge in [0.05, 0.1) is 0 Å². The standard InChI is InChI=1S/C4H9.V.W/c1-3-4-2;;/h1,3-4H2,2H3;;/q-1;;. The van der Waals surface area contributed by atoms with Crippen molar-refractivity contribution in [1.82, 2.24) is 0 Å². The summed E-state index contributed by atoms with van der Waals surface area (Å²) >= 11 is 0. The van der Waals surface area contributed by atoms with Crippen LogP contribution in [0.5, 0.6) is 0 Å². The molecular formula is C4H9VW-. The van der Waals surface area contributed by atoms with Crippen LogP contribution in [-0.4, -0.2) is 0 Å². The molecule has 0 nitrogen and oxygen atoms in total. The van der Waals surface area contributed by atoms with E-state index in [2.05, 4.69) is 13.8 Å². The number of unbranched alkanes of at least 4 members (excludes halogenated alkanes) is 1. The average molecular weight is 292 g/mol. The summed E-state index contributed by atoms with van der Waals surface area (Å²) in [5.41, 5.74) is 0. The van der Waals surface area contributed by atoms with E-state index in [-0.39, 0.29) is 39.6 Å². The Balaban J connectivity index is -0.0000000450. The van der Waals surface area contributed by atoms with E-state index in [4.69, 9.17) is 0 Å². The molecule has 0 amide bonds. The molecule has 0 aromatic carbocycles. The van der Waals surface area contributed by atoms with E-state index in [1.807, 2.05) is 0 Å². The molecule has 2 heteroatoms. The van der Waals surface area contributed by atoms with Gasteiger partial charge in [0.2, 0.25) is 0 Å². The van der Waals surface area contributed by atoms with E-state index < -0.39 is 0 Å². The van der Waals surface area contributed by atoms with Gasteiger partial charge in [0.1, 0.15) is 0 Å². The minimum Gasteiger partial charge on any atom is -0.343 e. The monoisotopic (exact) mass is 292 g/mol. The second-order valence-electron chi connectivity index (χ2n) is 0.854. The maximum Gasteiger partial charge on any atom is 0 e. The fraction of sp³-hybridized carbons (Fsp3) is 0.750. The van der Waals surface area contributed by atoms with Crippen LogP contribution in [0.1, 0.15) is 19.8 Å². The molecule has 0 fully saturated rings. The van der Waals surface area contributed by atoms with Gasteiger partial charge in [0.15, 0.2) is 0 Å². The van der Waals surface area contributed by atoms with E-state index in [1.165, 1.54) is 6.42 Å². The SMILES string of the molecule is [CH2-]CCC.[V].[W]. The summed E-state index contributed by atoms with van der Waals surface area (Å²) in [5.74, 6) is 0. The Labute approximate surface area is 66.2 Å². The Kier molecular flexibility index (Phi) is 42.5. The second-order valence-corrected chi connectivity index (χ2v) is 0.854. The molecule has 6 heavy (non-hydrogen) atoms. The predicted octanol–water partition coefficient (Wildman–Crippen LogP) is 1.62. The molecule has 0 bridgehead atoms. The fourth-order valence-electron chi connectivity index (χ4n) is 0. The topological polar surface area (TPSA) is 0 Å². The zero-order valence-electron chi connectivity index (χ0n) is 3.98. The van der Waals surface area contributed by atoms with Gasteiger partial charge >= 0.3 is 0 Å². The normalized spacial score (nSPS) is 5.00. The first-order chi connectivity index (χ1) is 1.91. The molecule has 0 aliphatic carbocycles. The van der Waals surface area contributed by atoms with Gasteiger partial charge in [-0.25, -0.2) is 0 Å². The Hall–Kier alpha value is 1.27. The first-order valence-corrected chi connectivity index (χ1v) is 1.71. The predicted molar refractivity (Wildman–Crippen MR) is 20.3 cm³/mol. The average Bonchev–Trinajstić information content (AvgIpc) is 1.37. The Bertz CT molecular complexity index is 9.51. The van der Waals surface area contributed by atoms with E-state index in [0.29, 0.717) is 0 Å². The van der Waals surface area contributed by atoms with Gasteiger partial charge in [-0.1, -0.05) is 13.3 Å². The third kappa shape index (κ3) is 18.6. The summed E-state index contributed by atoms with van der Waals surface area (Å²) in [6.45, 7) is 5.72. The molecule has 0 saturated heterocycles. The van der Waals surface area contributed by atoms with Gasteiger partial charge in [-0.2, -0.15) is 6.42 Å². The minimum atomic E-state index is 0. The first kappa shape index (κ1) is 15.7. The van der Waals surface area contributed by atoms with Crippen LogP contribution in [0, 0.1) is 6.92 Å². The van der Waals surface area contributed by atoms with Gasteiger partial charge in [-0.3, -0.25) is 0 Å². The van der Waals surface area contributed by atoms with Gasteiger partial charge in [0, 0.05) is 39.6 Å². The van der Waals surface area contributed by atoms with Gasteiger partial charge < -0.3 is 6.92 Å². The van der Waals surface area contributed by atoms with Gasteiger partial charge in [-0.05, 0) is 0 Å². The Morgan fingerprint density at radius 2 is 1.67 bits per heavy atom. The molecule has 1 radical (unpaired) electrons. The van der Waals surface area contributed by atoms with Crippen molar-refractivity contribution in [1.29, 1.82) is 0 Å². The van der Waals surface area contributed by atoms with E-state index in [1.54, 1.807) is 0 Å². The summed E-state index contributed by atoms with van der Waals surface area (Å²) in [7, 11) is 0. The van der Waals surface area contributed by atoms with Crippen molar-refractivity contribution in [3.8, 4) is 0 Å². The number of hydrogen-bond acceptors (Lipinski definition) is 0. The summed E-state index contributed by atoms with van der Waals surface area (Å²) in [4.78, 5) is 0. The van der Waals surface area contributed by atoms with Crippen LogP contribution in [0.3, 0.4) is 0 Å². The molecule has 0 unspecified atom stereocenters. The molecule has 0 heterocycles. The van der Waals surface area contributed by atoms with Crippen LogP contribution in [0.25, 0.3) is 0 Å². The summed E-state index contributed by atoms with van der Waals surface area (Å²) in [6.07, 6.45) is 2.28. The molecule has 0 atom stereocenters. The van der Waals surface area contributed by atoms with Crippen LogP contribution in [0.2, 0.25) is 0 Å². The summed E-state index contributed by atoms with van der Waals surface area (Å²) < 4.78 is 0. The molecule has 0 spiro atoms. The molecule has 0 N–H and O–H groups in total. The summed E-state index contributed by atoms with van der Waals surface area (Å²) in [5, 5.41) is 0. The Morgan fingerprint density at radius 1 is 1.50 bits per heavy atom. The van der Waals surface area contributed by atoms with Crippen LogP contribution in [-0.2, 0) is 39.6 Å². The molecule has 0 aliphatic rings. The van der Waals surface area contributed by atoms with E-state index in [0.717, 1.165) is 6.42 Å². The first-order valence-electron chi connectivity index (χ1n) is 1.71. The second kappa shape index (κ2) is 16.3. The zero-order chi connectivity index (χ0) is 3.41. The molecule has 0 saturated carbocycles. The zero-order valence-corrected chi connectivity index (χ0v) is 8.31. The summed E-state index contributed by atoms with van der Waals surface area (Å²) in [6, 6.07) is 0. The van der Waals surface area contributed by atoms with E-state index >= 15 is 0 Å². The third-order valence-electron chi connectivity index (χ3n) is 0.354. The molecule has 0 aromatic heterocycles. The van der Waals surface area contributed by atoms with Gasteiger partial charge in [-0.15, -0.1) is 0 Å². The molecular weight excluding hydrogens is 283 g/mol. The molecule has 0 rings (SSSR count). The van der Waals surface area contributed by atoms with Crippen molar-refractivity contribution in [2.45, 2.75) is 19.8 Å². The smallest absolute Gasteiger partial charge is 0 e. The quantitative estimate of drug-likeness (QED) is 0.644. The van der Waals surface area contributed by atoms with Crippen LogP contribution in [0.15, 0.2) is 0 Å². The minimum absolute atomic E-state index is 0. The molecule has 0 aliphatic heterocycles. The van der Waals surface area contributed by atoms with Crippen molar-refractivity contribution >= 4 is 0 Å². The third-order valence-corrected chi connectivity index (χ3v) is 0.354. The van der Waals surface area contributed by atoms with Crippen LogP contribution < -0.4 is 0 Å². The van der Waals surface area contributed by atoms with E-state index in [9.17, 15) is 0 Å².